The number of halogens is 2. The average molecular weight is 453 g/mol. The fourth-order valence-corrected chi connectivity index (χ4v) is 4.77. The Labute approximate surface area is 186 Å². The molecule has 2 amide bonds. The first-order chi connectivity index (χ1) is 14.1. The number of rotatable bonds is 7. The van der Waals surface area contributed by atoms with Crippen LogP contribution in [0, 0.1) is 0 Å². The molecular formula is C22H26Cl2N2O2S. The van der Waals surface area contributed by atoms with E-state index in [-0.39, 0.29) is 23.7 Å². The molecule has 1 N–H and O–H groups in total. The van der Waals surface area contributed by atoms with E-state index in [2.05, 4.69) is 5.32 Å². The van der Waals surface area contributed by atoms with Crippen LogP contribution in [0.5, 0.6) is 0 Å². The number of hydrogen-bond acceptors (Lipinski definition) is 3. The number of carbonyl (C=O) groups is 2. The van der Waals surface area contributed by atoms with Gasteiger partial charge in [0.05, 0.1) is 6.54 Å². The van der Waals surface area contributed by atoms with E-state index in [0.717, 1.165) is 36.1 Å². The van der Waals surface area contributed by atoms with Gasteiger partial charge in [0.25, 0.3) is 0 Å². The van der Waals surface area contributed by atoms with Crippen molar-refractivity contribution in [1.82, 2.24) is 10.2 Å². The van der Waals surface area contributed by atoms with Crippen molar-refractivity contribution in [1.29, 1.82) is 0 Å². The van der Waals surface area contributed by atoms with Gasteiger partial charge >= 0.3 is 0 Å². The van der Waals surface area contributed by atoms with Gasteiger partial charge in [-0.25, -0.2) is 0 Å². The lowest BCUT2D eigenvalue weighted by Gasteiger charge is -2.32. The molecule has 0 saturated heterocycles. The predicted molar refractivity (Wildman–Crippen MR) is 119 cm³/mol. The summed E-state index contributed by atoms with van der Waals surface area (Å²) in [4.78, 5) is 28.8. The quantitative estimate of drug-likeness (QED) is 0.442. The smallest absolute Gasteiger partial charge is 0.247 e. The highest BCUT2D eigenvalue weighted by molar-refractivity contribution is 7.09. The first-order valence-electron chi connectivity index (χ1n) is 10.0. The van der Waals surface area contributed by atoms with Crippen molar-refractivity contribution < 1.29 is 9.59 Å². The van der Waals surface area contributed by atoms with Crippen LogP contribution in [0.15, 0.2) is 41.8 Å². The second-order valence-electron chi connectivity index (χ2n) is 7.39. The monoisotopic (exact) mass is 452 g/mol. The van der Waals surface area contributed by atoms with E-state index in [1.165, 1.54) is 12.8 Å². The molecule has 0 radical (unpaired) electrons. The summed E-state index contributed by atoms with van der Waals surface area (Å²) in [6, 6.07) is 10.4. The van der Waals surface area contributed by atoms with Crippen LogP contribution in [-0.2, 0) is 16.1 Å². The molecule has 1 heterocycles. The van der Waals surface area contributed by atoms with Crippen molar-refractivity contribution >= 4 is 46.4 Å². The Morgan fingerprint density at radius 1 is 1.10 bits per heavy atom. The maximum absolute atomic E-state index is 13.4. The molecule has 1 aromatic carbocycles. The fraction of sp³-hybridized carbons (Fsp3) is 0.455. The Hall–Kier alpha value is -1.56. The Kier molecular flexibility index (Phi) is 8.40. The van der Waals surface area contributed by atoms with Crippen LogP contribution in [0.2, 0.25) is 5.02 Å². The molecule has 0 aliphatic heterocycles. The van der Waals surface area contributed by atoms with Crippen LogP contribution >= 0.6 is 34.5 Å². The summed E-state index contributed by atoms with van der Waals surface area (Å²) in [5.74, 6) is -0.600. The van der Waals surface area contributed by atoms with E-state index >= 15 is 0 Å². The zero-order chi connectivity index (χ0) is 20.6. The maximum Gasteiger partial charge on any atom is 0.247 e. The molecule has 3 rings (SSSR count). The molecule has 4 nitrogen and oxygen atoms in total. The zero-order valence-electron chi connectivity index (χ0n) is 16.3. The number of thiophene rings is 1. The summed E-state index contributed by atoms with van der Waals surface area (Å²) in [7, 11) is 0. The summed E-state index contributed by atoms with van der Waals surface area (Å²) in [6.45, 7) is 0.342. The summed E-state index contributed by atoms with van der Waals surface area (Å²) >= 11 is 13.5. The molecule has 2 aromatic rings. The average Bonchev–Trinajstić information content (AvgIpc) is 3.11. The molecular weight excluding hydrogens is 427 g/mol. The van der Waals surface area contributed by atoms with Crippen molar-refractivity contribution in [3.05, 3.63) is 57.2 Å². The second kappa shape index (κ2) is 11.0. The lowest BCUT2D eigenvalue weighted by atomic mass is 10.0. The number of carbonyl (C=O) groups excluding carboxylic acids is 2. The van der Waals surface area contributed by atoms with Crippen molar-refractivity contribution in [3.8, 4) is 0 Å². The normalized spacial score (nSPS) is 16.1. The van der Waals surface area contributed by atoms with Gasteiger partial charge in [0.15, 0.2) is 0 Å². The van der Waals surface area contributed by atoms with Gasteiger partial charge in [-0.1, -0.05) is 55.5 Å². The number of alkyl halides is 1. The van der Waals surface area contributed by atoms with Crippen LogP contribution in [-0.4, -0.2) is 28.6 Å². The van der Waals surface area contributed by atoms with E-state index in [4.69, 9.17) is 23.2 Å². The predicted octanol–water partition coefficient (Wildman–Crippen LogP) is 5.55. The molecule has 1 saturated carbocycles. The summed E-state index contributed by atoms with van der Waals surface area (Å²) in [5.41, 5.74) is 0.732. The van der Waals surface area contributed by atoms with E-state index < -0.39 is 6.04 Å². The van der Waals surface area contributed by atoms with Crippen molar-refractivity contribution in [2.75, 3.05) is 5.88 Å². The standard InChI is InChI=1S/C22H26Cl2N2O2S/c23-14-20(27)26(15-19-8-5-13-29-19)21(16-9-11-17(24)12-10-16)22(28)25-18-6-3-1-2-4-7-18/h5,8-13,18,21H,1-4,6-7,14-15H2,(H,25,28)/t21-/m1/s1. The second-order valence-corrected chi connectivity index (χ2v) is 9.12. The third-order valence-corrected chi connectivity index (χ3v) is 6.63. The van der Waals surface area contributed by atoms with Gasteiger partial charge in [-0.3, -0.25) is 9.59 Å². The lowest BCUT2D eigenvalue weighted by molar-refractivity contribution is -0.140. The Morgan fingerprint density at radius 3 is 2.38 bits per heavy atom. The minimum absolute atomic E-state index is 0.148. The van der Waals surface area contributed by atoms with Crippen molar-refractivity contribution in [2.24, 2.45) is 0 Å². The molecule has 1 aliphatic carbocycles. The van der Waals surface area contributed by atoms with Crippen LogP contribution in [0.1, 0.15) is 55.0 Å². The van der Waals surface area contributed by atoms with E-state index in [0.29, 0.717) is 11.6 Å². The number of benzene rings is 1. The van der Waals surface area contributed by atoms with Crippen LogP contribution < -0.4 is 5.32 Å². The molecule has 0 unspecified atom stereocenters. The highest BCUT2D eigenvalue weighted by atomic mass is 35.5. The fourth-order valence-electron chi connectivity index (χ4n) is 3.79. The first-order valence-corrected chi connectivity index (χ1v) is 11.8. The minimum atomic E-state index is -0.746. The lowest BCUT2D eigenvalue weighted by Crippen LogP contribution is -2.46. The molecule has 1 aliphatic rings. The van der Waals surface area contributed by atoms with Crippen molar-refractivity contribution in [2.45, 2.75) is 57.2 Å². The third-order valence-electron chi connectivity index (χ3n) is 5.29. The van der Waals surface area contributed by atoms with Gasteiger partial charge in [-0.2, -0.15) is 0 Å². The zero-order valence-corrected chi connectivity index (χ0v) is 18.6. The van der Waals surface area contributed by atoms with Crippen LogP contribution in [0.4, 0.5) is 0 Å². The SMILES string of the molecule is O=C(NC1CCCCCC1)[C@@H](c1ccc(Cl)cc1)N(Cc1cccs1)C(=O)CCl. The topological polar surface area (TPSA) is 49.4 Å². The maximum atomic E-state index is 13.4. The summed E-state index contributed by atoms with van der Waals surface area (Å²) < 4.78 is 0. The van der Waals surface area contributed by atoms with Crippen molar-refractivity contribution in [3.63, 3.8) is 0 Å². The van der Waals surface area contributed by atoms with Gasteiger partial charge in [0.1, 0.15) is 11.9 Å². The van der Waals surface area contributed by atoms with Gasteiger partial charge in [0, 0.05) is 15.9 Å². The molecule has 156 valence electrons. The first kappa shape index (κ1) is 22.1. The van der Waals surface area contributed by atoms with Crippen LogP contribution in [0.3, 0.4) is 0 Å². The largest absolute Gasteiger partial charge is 0.351 e. The Balaban J connectivity index is 1.90. The number of amides is 2. The summed E-state index contributed by atoms with van der Waals surface area (Å²) in [5, 5.41) is 5.75. The highest BCUT2D eigenvalue weighted by Crippen LogP contribution is 2.28. The Bertz CT molecular complexity index is 788. The van der Waals surface area contributed by atoms with Gasteiger partial charge in [-0.05, 0) is 42.0 Å². The molecule has 0 bridgehead atoms. The Morgan fingerprint density at radius 2 is 1.79 bits per heavy atom. The van der Waals surface area contributed by atoms with E-state index in [1.54, 1.807) is 28.4 Å². The third kappa shape index (κ3) is 6.21. The van der Waals surface area contributed by atoms with E-state index in [1.807, 2.05) is 29.6 Å². The highest BCUT2D eigenvalue weighted by Gasteiger charge is 2.32. The number of nitrogens with zero attached hydrogens (tertiary/aromatic N) is 1. The van der Waals surface area contributed by atoms with Gasteiger partial charge in [0.2, 0.25) is 11.8 Å². The molecule has 1 fully saturated rings. The number of nitrogens with one attached hydrogen (secondary N) is 1. The summed E-state index contributed by atoms with van der Waals surface area (Å²) in [6.07, 6.45) is 6.62. The minimum Gasteiger partial charge on any atom is -0.351 e. The number of hydrogen-bond donors (Lipinski definition) is 1. The van der Waals surface area contributed by atoms with Gasteiger partial charge < -0.3 is 10.2 Å². The van der Waals surface area contributed by atoms with Gasteiger partial charge in [-0.15, -0.1) is 22.9 Å². The molecule has 1 atom stereocenters. The van der Waals surface area contributed by atoms with Crippen LogP contribution in [0.25, 0.3) is 0 Å². The molecule has 29 heavy (non-hydrogen) atoms. The van der Waals surface area contributed by atoms with E-state index in [9.17, 15) is 9.59 Å². The molecule has 0 spiro atoms. The molecule has 1 aromatic heterocycles. The molecule has 7 heteroatoms.